The molecule has 0 saturated heterocycles. The molecule has 0 saturated carbocycles. The second-order valence-electron chi connectivity index (χ2n) is 4.71. The van der Waals surface area contributed by atoms with E-state index in [-0.39, 0.29) is 11.7 Å². The molecule has 110 valence electrons. The molecule has 2 aromatic carbocycles. The summed E-state index contributed by atoms with van der Waals surface area (Å²) < 4.78 is 0. The van der Waals surface area contributed by atoms with Gasteiger partial charge in [-0.05, 0) is 30.7 Å². The fourth-order valence-electron chi connectivity index (χ4n) is 1.99. The first-order valence-electron chi connectivity index (χ1n) is 6.56. The topological polar surface area (TPSA) is 61.4 Å². The Morgan fingerprint density at radius 1 is 1.29 bits per heavy atom. The van der Waals surface area contributed by atoms with Crippen molar-refractivity contribution in [3.05, 3.63) is 58.1 Å². The van der Waals surface area contributed by atoms with Crippen molar-refractivity contribution in [1.29, 1.82) is 0 Å². The molecule has 21 heavy (non-hydrogen) atoms. The van der Waals surface area contributed by atoms with E-state index in [1.165, 1.54) is 0 Å². The lowest BCUT2D eigenvalue weighted by Gasteiger charge is -2.12. The van der Waals surface area contributed by atoms with Crippen molar-refractivity contribution in [2.24, 2.45) is 0 Å². The molecule has 0 atom stereocenters. The molecule has 0 aliphatic heterocycles. The number of hydrogen-bond acceptors (Lipinski definition) is 3. The van der Waals surface area contributed by atoms with Crippen LogP contribution in [0, 0.1) is 6.92 Å². The molecule has 2 rings (SSSR count). The summed E-state index contributed by atoms with van der Waals surface area (Å²) in [5.74, 6) is -0.0598. The van der Waals surface area contributed by atoms with Crippen LogP contribution < -0.4 is 10.6 Å². The monoisotopic (exact) mass is 304 g/mol. The summed E-state index contributed by atoms with van der Waals surface area (Å²) in [6.45, 7) is 2.37. The van der Waals surface area contributed by atoms with Gasteiger partial charge in [-0.15, -0.1) is 0 Å². The summed E-state index contributed by atoms with van der Waals surface area (Å²) in [6, 6.07) is 10.7. The fourth-order valence-corrected chi connectivity index (χ4v) is 2.19. The molecule has 0 bridgehead atoms. The average molecular weight is 305 g/mol. The predicted molar refractivity (Wildman–Crippen MR) is 85.0 cm³/mol. The van der Waals surface area contributed by atoms with Gasteiger partial charge in [-0.25, -0.2) is 0 Å². The molecule has 0 aromatic heterocycles. The molecule has 1 amide bonds. The number of benzene rings is 2. The molecular weight excluding hydrogens is 288 g/mol. The fraction of sp³-hybridized carbons (Fsp3) is 0.188. The first kappa shape index (κ1) is 15.2. The minimum atomic E-state index is -0.136. The molecule has 0 heterocycles. The molecule has 0 aliphatic carbocycles. The lowest BCUT2D eigenvalue weighted by atomic mass is 10.1. The summed E-state index contributed by atoms with van der Waals surface area (Å²) in [4.78, 5) is 11.7. The second-order valence-corrected chi connectivity index (χ2v) is 5.12. The maximum absolute atomic E-state index is 11.7. The summed E-state index contributed by atoms with van der Waals surface area (Å²) >= 11 is 5.88. The van der Waals surface area contributed by atoms with Gasteiger partial charge in [-0.3, -0.25) is 4.79 Å². The number of aromatic hydroxyl groups is 1. The van der Waals surface area contributed by atoms with Crippen molar-refractivity contribution in [2.45, 2.75) is 13.5 Å². The lowest BCUT2D eigenvalue weighted by molar-refractivity contribution is 0.0963. The molecule has 0 aliphatic rings. The van der Waals surface area contributed by atoms with Crippen molar-refractivity contribution < 1.29 is 9.90 Å². The molecule has 5 heteroatoms. The Morgan fingerprint density at radius 3 is 2.76 bits per heavy atom. The maximum Gasteiger partial charge on any atom is 0.251 e. The van der Waals surface area contributed by atoms with Crippen molar-refractivity contribution in [1.82, 2.24) is 5.32 Å². The molecule has 0 radical (unpaired) electrons. The largest absolute Gasteiger partial charge is 0.506 e. The minimum Gasteiger partial charge on any atom is -0.506 e. The maximum atomic E-state index is 11.7. The first-order chi connectivity index (χ1) is 10.0. The number of phenols is 1. The summed E-state index contributed by atoms with van der Waals surface area (Å²) in [6.07, 6.45) is 0. The normalized spacial score (nSPS) is 10.2. The number of para-hydroxylation sites is 1. The van der Waals surface area contributed by atoms with E-state index in [1.54, 1.807) is 37.4 Å². The van der Waals surface area contributed by atoms with Gasteiger partial charge in [-0.1, -0.05) is 29.8 Å². The van der Waals surface area contributed by atoms with Crippen LogP contribution in [0.2, 0.25) is 5.02 Å². The molecular formula is C16H17ClN2O2. The number of carbonyl (C=O) groups excluding carboxylic acids is 1. The zero-order chi connectivity index (χ0) is 15.4. The van der Waals surface area contributed by atoms with Crippen LogP contribution in [0.5, 0.6) is 5.75 Å². The SMILES string of the molecule is CNC(=O)c1ccc(C)c(NCc2cccc(Cl)c2O)c1. The van der Waals surface area contributed by atoms with Gasteiger partial charge in [0, 0.05) is 30.4 Å². The van der Waals surface area contributed by atoms with Crippen LogP contribution in [0.1, 0.15) is 21.5 Å². The highest BCUT2D eigenvalue weighted by Gasteiger charge is 2.08. The van der Waals surface area contributed by atoms with Gasteiger partial charge in [0.1, 0.15) is 5.75 Å². The number of hydrogen-bond donors (Lipinski definition) is 3. The van der Waals surface area contributed by atoms with Crippen LogP contribution in [0.3, 0.4) is 0 Å². The number of amides is 1. The van der Waals surface area contributed by atoms with E-state index in [4.69, 9.17) is 11.6 Å². The third-order valence-corrected chi connectivity index (χ3v) is 3.57. The third-order valence-electron chi connectivity index (χ3n) is 3.27. The number of carbonyl (C=O) groups is 1. The van der Waals surface area contributed by atoms with Gasteiger partial charge in [-0.2, -0.15) is 0 Å². The van der Waals surface area contributed by atoms with Crippen molar-refractivity contribution in [3.63, 3.8) is 0 Å². The van der Waals surface area contributed by atoms with E-state index in [1.807, 2.05) is 13.0 Å². The molecule has 4 nitrogen and oxygen atoms in total. The summed E-state index contributed by atoms with van der Waals surface area (Å²) in [5.41, 5.74) is 3.15. The quantitative estimate of drug-likeness (QED) is 0.812. The van der Waals surface area contributed by atoms with Crippen LogP contribution in [0.15, 0.2) is 36.4 Å². The van der Waals surface area contributed by atoms with Gasteiger partial charge < -0.3 is 15.7 Å². The highest BCUT2D eigenvalue weighted by Crippen LogP contribution is 2.28. The number of halogens is 1. The molecule has 0 unspecified atom stereocenters. The standard InChI is InChI=1S/C16H17ClN2O2/c1-10-6-7-11(16(21)18-2)8-14(10)19-9-12-4-3-5-13(17)15(12)20/h3-8,19-20H,9H2,1-2H3,(H,18,21). The van der Waals surface area contributed by atoms with Gasteiger partial charge in [0.15, 0.2) is 0 Å². The van der Waals surface area contributed by atoms with Crippen molar-refractivity contribution in [3.8, 4) is 5.75 Å². The molecule has 0 spiro atoms. The summed E-state index contributed by atoms with van der Waals surface area (Å²) in [7, 11) is 1.60. The Hall–Kier alpha value is -2.20. The van der Waals surface area contributed by atoms with Crippen LogP contribution in [-0.2, 0) is 6.54 Å². The third kappa shape index (κ3) is 3.47. The number of nitrogens with one attached hydrogen (secondary N) is 2. The highest BCUT2D eigenvalue weighted by atomic mass is 35.5. The highest BCUT2D eigenvalue weighted by molar-refractivity contribution is 6.32. The van der Waals surface area contributed by atoms with Crippen LogP contribution in [0.25, 0.3) is 0 Å². The number of aryl methyl sites for hydroxylation is 1. The van der Waals surface area contributed by atoms with E-state index < -0.39 is 0 Å². The average Bonchev–Trinajstić information content (AvgIpc) is 2.49. The van der Waals surface area contributed by atoms with E-state index >= 15 is 0 Å². The van der Waals surface area contributed by atoms with Gasteiger partial charge in [0.25, 0.3) is 5.91 Å². The molecule has 3 N–H and O–H groups in total. The summed E-state index contributed by atoms with van der Waals surface area (Å²) in [5, 5.41) is 16.0. The van der Waals surface area contributed by atoms with E-state index in [9.17, 15) is 9.90 Å². The van der Waals surface area contributed by atoms with E-state index in [2.05, 4.69) is 10.6 Å². The Morgan fingerprint density at radius 2 is 2.05 bits per heavy atom. The lowest BCUT2D eigenvalue weighted by Crippen LogP contribution is -2.18. The Bertz CT molecular complexity index is 671. The van der Waals surface area contributed by atoms with Crippen molar-refractivity contribution in [2.75, 3.05) is 12.4 Å². The van der Waals surface area contributed by atoms with Gasteiger partial charge in [0.2, 0.25) is 0 Å². The van der Waals surface area contributed by atoms with Crippen LogP contribution >= 0.6 is 11.6 Å². The van der Waals surface area contributed by atoms with E-state index in [0.29, 0.717) is 22.7 Å². The molecule has 0 fully saturated rings. The smallest absolute Gasteiger partial charge is 0.251 e. The van der Waals surface area contributed by atoms with Gasteiger partial charge >= 0.3 is 0 Å². The number of rotatable bonds is 4. The van der Waals surface area contributed by atoms with Crippen molar-refractivity contribution >= 4 is 23.2 Å². The van der Waals surface area contributed by atoms with Crippen LogP contribution in [0.4, 0.5) is 5.69 Å². The zero-order valence-corrected chi connectivity index (χ0v) is 12.7. The van der Waals surface area contributed by atoms with Crippen LogP contribution in [-0.4, -0.2) is 18.1 Å². The number of anilines is 1. The zero-order valence-electron chi connectivity index (χ0n) is 11.9. The molecule has 2 aromatic rings. The minimum absolute atomic E-state index is 0.0757. The Labute approximate surface area is 128 Å². The second kappa shape index (κ2) is 6.50. The Kier molecular flexibility index (Phi) is 4.70. The number of phenolic OH excluding ortho intramolecular Hbond substituents is 1. The van der Waals surface area contributed by atoms with Gasteiger partial charge in [0.05, 0.1) is 5.02 Å². The predicted octanol–water partition coefficient (Wildman–Crippen LogP) is 3.33. The first-order valence-corrected chi connectivity index (χ1v) is 6.93. The Balaban J connectivity index is 2.19. The van der Waals surface area contributed by atoms with E-state index in [0.717, 1.165) is 11.3 Å².